The van der Waals surface area contributed by atoms with Crippen molar-refractivity contribution in [2.45, 2.75) is 19.0 Å². The van der Waals surface area contributed by atoms with Crippen molar-refractivity contribution in [2.24, 2.45) is 0 Å². The average molecular weight is 407 g/mol. The fourth-order valence-corrected chi connectivity index (χ4v) is 4.97. The van der Waals surface area contributed by atoms with Crippen molar-refractivity contribution in [2.75, 3.05) is 25.2 Å². The Kier molecular flexibility index (Phi) is 6.18. The highest BCUT2D eigenvalue weighted by Crippen LogP contribution is 2.26. The summed E-state index contributed by atoms with van der Waals surface area (Å²) >= 11 is 0. The van der Waals surface area contributed by atoms with Crippen molar-refractivity contribution in [1.82, 2.24) is 4.90 Å². The van der Waals surface area contributed by atoms with Crippen LogP contribution in [-0.2, 0) is 21.2 Å². The fraction of sp³-hybridized carbons (Fsp3) is 0.350. The molecule has 0 N–H and O–H groups in total. The molecule has 1 fully saturated rings. The van der Waals surface area contributed by atoms with Gasteiger partial charge in [-0.05, 0) is 36.2 Å². The van der Waals surface area contributed by atoms with Crippen molar-refractivity contribution in [3.05, 3.63) is 59.9 Å². The van der Waals surface area contributed by atoms with E-state index in [9.17, 15) is 17.6 Å². The molecule has 28 heavy (non-hydrogen) atoms. The number of halogens is 1. The molecule has 1 aliphatic heterocycles. The number of carbonyl (C=O) groups is 1. The van der Waals surface area contributed by atoms with E-state index in [1.807, 2.05) is 0 Å². The largest absolute Gasteiger partial charge is 0.493 e. The van der Waals surface area contributed by atoms with Gasteiger partial charge in [-0.25, -0.2) is 12.8 Å². The van der Waals surface area contributed by atoms with E-state index in [0.717, 1.165) is 0 Å². The smallest absolute Gasteiger partial charge is 0.261 e. The van der Waals surface area contributed by atoms with Crippen LogP contribution in [0.1, 0.15) is 12.0 Å². The number of rotatable bonds is 7. The predicted molar refractivity (Wildman–Crippen MR) is 102 cm³/mol. The summed E-state index contributed by atoms with van der Waals surface area (Å²) in [6.07, 6.45) is 0.359. The number of hydrogen-bond acceptors (Lipinski definition) is 5. The summed E-state index contributed by atoms with van der Waals surface area (Å²) in [7, 11) is -1.68. The molecule has 1 heterocycles. The predicted octanol–water partition coefficient (Wildman–Crippen LogP) is 2.43. The van der Waals surface area contributed by atoms with Crippen LogP contribution in [-0.4, -0.2) is 50.5 Å². The Bertz CT molecular complexity index is 947. The Labute approximate surface area is 163 Å². The van der Waals surface area contributed by atoms with Crippen molar-refractivity contribution in [3.63, 3.8) is 0 Å². The van der Waals surface area contributed by atoms with Gasteiger partial charge in [0.2, 0.25) is 0 Å². The summed E-state index contributed by atoms with van der Waals surface area (Å²) in [5, 5.41) is 0. The highest BCUT2D eigenvalue weighted by Gasteiger charge is 2.35. The first-order valence-electron chi connectivity index (χ1n) is 8.88. The monoisotopic (exact) mass is 407 g/mol. The number of sulfone groups is 1. The van der Waals surface area contributed by atoms with E-state index in [0.29, 0.717) is 23.5 Å². The van der Waals surface area contributed by atoms with E-state index in [4.69, 9.17) is 9.47 Å². The molecule has 8 heteroatoms. The number of amides is 1. The molecule has 0 saturated carbocycles. The maximum atomic E-state index is 13.5. The van der Waals surface area contributed by atoms with Crippen LogP contribution in [0.2, 0.25) is 0 Å². The molecule has 1 saturated heterocycles. The minimum Gasteiger partial charge on any atom is -0.493 e. The van der Waals surface area contributed by atoms with Gasteiger partial charge in [0.15, 0.2) is 27.9 Å². The Morgan fingerprint density at radius 3 is 2.57 bits per heavy atom. The number of carbonyl (C=O) groups excluding carboxylic acids is 1. The van der Waals surface area contributed by atoms with Crippen LogP contribution >= 0.6 is 0 Å². The quantitative estimate of drug-likeness (QED) is 0.705. The number of hydrogen-bond donors (Lipinski definition) is 0. The number of nitrogens with zero attached hydrogens (tertiary/aromatic N) is 1. The molecule has 3 rings (SSSR count). The Hall–Kier alpha value is -2.61. The van der Waals surface area contributed by atoms with E-state index in [-0.39, 0.29) is 30.6 Å². The summed E-state index contributed by atoms with van der Waals surface area (Å²) in [6.45, 7) is -0.154. The molecule has 1 aliphatic rings. The van der Waals surface area contributed by atoms with Gasteiger partial charge in [-0.2, -0.15) is 0 Å². The summed E-state index contributed by atoms with van der Waals surface area (Å²) in [5.74, 6) is 0.0886. The SMILES string of the molecule is COc1ccccc1OCC(=O)N(Cc1cccc(F)c1)[C@@H]1CCS(=O)(=O)C1. The van der Waals surface area contributed by atoms with Crippen LogP contribution in [0.25, 0.3) is 0 Å². The summed E-state index contributed by atoms with van der Waals surface area (Å²) < 4.78 is 48.1. The van der Waals surface area contributed by atoms with Gasteiger partial charge in [0.25, 0.3) is 5.91 Å². The molecule has 2 aromatic rings. The van der Waals surface area contributed by atoms with Crippen LogP contribution in [0.3, 0.4) is 0 Å². The zero-order valence-electron chi connectivity index (χ0n) is 15.5. The van der Waals surface area contributed by atoms with Gasteiger partial charge in [-0.3, -0.25) is 4.79 Å². The molecule has 0 bridgehead atoms. The Morgan fingerprint density at radius 1 is 1.18 bits per heavy atom. The van der Waals surface area contributed by atoms with E-state index in [2.05, 4.69) is 0 Å². The lowest BCUT2D eigenvalue weighted by Crippen LogP contribution is -2.43. The molecule has 1 amide bonds. The zero-order valence-corrected chi connectivity index (χ0v) is 16.3. The third-order valence-corrected chi connectivity index (χ3v) is 6.38. The number of para-hydroxylation sites is 2. The molecule has 0 unspecified atom stereocenters. The third kappa shape index (κ3) is 5.01. The van der Waals surface area contributed by atoms with E-state index in [1.165, 1.54) is 24.1 Å². The van der Waals surface area contributed by atoms with Gasteiger partial charge >= 0.3 is 0 Å². The molecule has 1 atom stereocenters. The lowest BCUT2D eigenvalue weighted by atomic mass is 10.1. The van der Waals surface area contributed by atoms with Crippen molar-refractivity contribution in [3.8, 4) is 11.5 Å². The van der Waals surface area contributed by atoms with Gasteiger partial charge < -0.3 is 14.4 Å². The van der Waals surface area contributed by atoms with Gasteiger partial charge in [0, 0.05) is 12.6 Å². The maximum absolute atomic E-state index is 13.5. The van der Waals surface area contributed by atoms with Crippen molar-refractivity contribution < 1.29 is 27.1 Å². The fourth-order valence-electron chi connectivity index (χ4n) is 3.23. The van der Waals surface area contributed by atoms with Gasteiger partial charge in [0.1, 0.15) is 5.82 Å². The molecule has 0 aromatic heterocycles. The van der Waals surface area contributed by atoms with Crippen LogP contribution in [0.15, 0.2) is 48.5 Å². The highest BCUT2D eigenvalue weighted by molar-refractivity contribution is 7.91. The second-order valence-corrected chi connectivity index (χ2v) is 8.88. The first-order chi connectivity index (χ1) is 13.4. The highest BCUT2D eigenvalue weighted by atomic mass is 32.2. The molecule has 150 valence electrons. The molecule has 0 spiro atoms. The molecular weight excluding hydrogens is 385 g/mol. The van der Waals surface area contributed by atoms with Crippen LogP contribution < -0.4 is 9.47 Å². The number of methoxy groups -OCH3 is 1. The molecule has 2 aromatic carbocycles. The van der Waals surface area contributed by atoms with Crippen LogP contribution in [0.5, 0.6) is 11.5 Å². The minimum absolute atomic E-state index is 0.0396. The summed E-state index contributed by atoms with van der Waals surface area (Å²) in [6, 6.07) is 12.4. The van der Waals surface area contributed by atoms with E-state index >= 15 is 0 Å². The van der Waals surface area contributed by atoms with Crippen LogP contribution in [0, 0.1) is 5.82 Å². The lowest BCUT2D eigenvalue weighted by molar-refractivity contribution is -0.136. The topological polar surface area (TPSA) is 72.9 Å². The molecule has 6 nitrogen and oxygen atoms in total. The second-order valence-electron chi connectivity index (χ2n) is 6.65. The van der Waals surface area contributed by atoms with Gasteiger partial charge in [-0.1, -0.05) is 24.3 Å². The molecular formula is C20H22FNO5S. The van der Waals surface area contributed by atoms with E-state index in [1.54, 1.807) is 36.4 Å². The first kappa shape index (κ1) is 20.1. The van der Waals surface area contributed by atoms with Gasteiger partial charge in [0.05, 0.1) is 18.6 Å². The third-order valence-electron chi connectivity index (χ3n) is 4.63. The summed E-state index contributed by atoms with van der Waals surface area (Å²) in [4.78, 5) is 14.3. The maximum Gasteiger partial charge on any atom is 0.261 e. The van der Waals surface area contributed by atoms with Crippen LogP contribution in [0.4, 0.5) is 4.39 Å². The van der Waals surface area contributed by atoms with Crippen molar-refractivity contribution >= 4 is 15.7 Å². The summed E-state index contributed by atoms with van der Waals surface area (Å²) in [5.41, 5.74) is 0.593. The first-order valence-corrected chi connectivity index (χ1v) is 10.7. The average Bonchev–Trinajstić information content (AvgIpc) is 3.04. The minimum atomic E-state index is -3.18. The molecule has 0 aliphatic carbocycles. The van der Waals surface area contributed by atoms with Gasteiger partial charge in [-0.15, -0.1) is 0 Å². The van der Waals surface area contributed by atoms with Crippen molar-refractivity contribution in [1.29, 1.82) is 0 Å². The lowest BCUT2D eigenvalue weighted by Gasteiger charge is -2.28. The zero-order chi connectivity index (χ0) is 20.1. The number of benzene rings is 2. The Balaban J connectivity index is 1.76. The normalized spacial score (nSPS) is 17.9. The Morgan fingerprint density at radius 2 is 1.93 bits per heavy atom. The molecule has 0 radical (unpaired) electrons. The second kappa shape index (κ2) is 8.60. The number of ether oxygens (including phenoxy) is 2. The standard InChI is InChI=1S/C20H22FNO5S/c1-26-18-7-2-3-8-19(18)27-13-20(23)22(17-9-10-28(24,25)14-17)12-15-5-4-6-16(21)11-15/h2-8,11,17H,9-10,12-14H2,1H3/t17-/m1/s1. The van der Waals surface area contributed by atoms with E-state index < -0.39 is 21.7 Å².